The smallest absolute Gasteiger partial charge is 0.266 e. The number of fused-ring (bicyclic) bond motifs is 2. The zero-order chi connectivity index (χ0) is 13.5. The fraction of sp³-hybridized carbons (Fsp3) is 0. The summed E-state index contributed by atoms with van der Waals surface area (Å²) in [5.41, 5.74) is 2.87. The van der Waals surface area contributed by atoms with E-state index in [-0.39, 0.29) is 5.56 Å². The number of aromatic nitrogens is 4. The van der Waals surface area contributed by atoms with Crippen molar-refractivity contribution in [2.75, 3.05) is 0 Å². The monoisotopic (exact) mass is 280 g/mol. The Bertz CT molecular complexity index is 989. The molecule has 4 rings (SSSR count). The van der Waals surface area contributed by atoms with E-state index in [0.717, 1.165) is 16.6 Å². The first-order chi connectivity index (χ1) is 9.83. The molecule has 6 heteroatoms. The minimum Gasteiger partial charge on any atom is -0.268 e. The van der Waals surface area contributed by atoms with Crippen molar-refractivity contribution in [3.8, 4) is 11.1 Å². The summed E-state index contributed by atoms with van der Waals surface area (Å²) in [5.74, 6) is 0. The van der Waals surface area contributed by atoms with Gasteiger partial charge >= 0.3 is 0 Å². The summed E-state index contributed by atoms with van der Waals surface area (Å²) in [5, 5.41) is 1.85. The zero-order valence-corrected chi connectivity index (χ0v) is 11.0. The number of nitrogens with zero attached hydrogens (tertiary/aromatic N) is 4. The van der Waals surface area contributed by atoms with Crippen molar-refractivity contribution in [2.24, 2.45) is 0 Å². The van der Waals surface area contributed by atoms with Crippen molar-refractivity contribution < 1.29 is 0 Å². The summed E-state index contributed by atoms with van der Waals surface area (Å²) in [6, 6.07) is 5.59. The Morgan fingerprint density at radius 2 is 1.90 bits per heavy atom. The molecule has 0 saturated carbocycles. The van der Waals surface area contributed by atoms with Crippen LogP contribution in [0.15, 0.2) is 53.2 Å². The number of benzene rings is 1. The highest BCUT2D eigenvalue weighted by atomic mass is 32.1. The second-order valence-electron chi connectivity index (χ2n) is 4.29. The quantitative estimate of drug-likeness (QED) is 0.537. The largest absolute Gasteiger partial charge is 0.268 e. The first-order valence-electron chi connectivity index (χ1n) is 5.99. The van der Waals surface area contributed by atoms with Crippen LogP contribution in [0, 0.1) is 0 Å². The van der Waals surface area contributed by atoms with E-state index in [0.29, 0.717) is 10.5 Å². The Morgan fingerprint density at radius 1 is 1.05 bits per heavy atom. The van der Waals surface area contributed by atoms with Crippen LogP contribution in [0.2, 0.25) is 0 Å². The van der Waals surface area contributed by atoms with Gasteiger partial charge in [0.1, 0.15) is 0 Å². The van der Waals surface area contributed by atoms with E-state index in [1.165, 1.54) is 11.3 Å². The summed E-state index contributed by atoms with van der Waals surface area (Å²) in [4.78, 5) is 25.9. The highest BCUT2D eigenvalue weighted by molar-refractivity contribution is 7.15. The molecule has 0 aliphatic carbocycles. The van der Waals surface area contributed by atoms with Gasteiger partial charge in [-0.3, -0.25) is 19.2 Å². The van der Waals surface area contributed by atoms with E-state index in [1.807, 2.05) is 23.6 Å². The van der Waals surface area contributed by atoms with Crippen molar-refractivity contribution >= 4 is 27.3 Å². The maximum Gasteiger partial charge on any atom is 0.266 e. The summed E-state index contributed by atoms with van der Waals surface area (Å²) >= 11 is 1.44. The van der Waals surface area contributed by atoms with Crippen LogP contribution in [0.1, 0.15) is 0 Å². The molecular formula is C14H8N4OS. The van der Waals surface area contributed by atoms with Crippen LogP contribution in [-0.4, -0.2) is 19.4 Å². The van der Waals surface area contributed by atoms with Crippen LogP contribution >= 0.6 is 11.3 Å². The molecule has 3 aromatic heterocycles. The molecule has 0 N–H and O–H groups in total. The van der Waals surface area contributed by atoms with Gasteiger partial charge in [0.15, 0.2) is 4.96 Å². The Morgan fingerprint density at radius 3 is 2.80 bits per heavy atom. The molecule has 4 aromatic rings. The second kappa shape index (κ2) is 4.21. The van der Waals surface area contributed by atoms with E-state index < -0.39 is 0 Å². The van der Waals surface area contributed by atoms with Crippen LogP contribution in [0.5, 0.6) is 0 Å². The maximum absolute atomic E-state index is 12.4. The number of rotatable bonds is 1. The van der Waals surface area contributed by atoms with Gasteiger partial charge in [-0.2, -0.15) is 0 Å². The third-order valence-corrected chi connectivity index (χ3v) is 3.89. The van der Waals surface area contributed by atoms with Crippen molar-refractivity contribution in [2.45, 2.75) is 0 Å². The number of thiazole rings is 1. The molecule has 0 amide bonds. The molecule has 96 valence electrons. The van der Waals surface area contributed by atoms with Gasteiger partial charge in [-0.05, 0) is 17.7 Å². The molecule has 0 saturated heterocycles. The lowest BCUT2D eigenvalue weighted by atomic mass is 10.1. The standard InChI is InChI=1S/C14H8N4OS/c19-13-10(8-17-14-18(13)5-6-20-14)9-1-2-11-12(7-9)16-4-3-15-11/h1-8H. The Balaban J connectivity index is 2.00. The van der Waals surface area contributed by atoms with Crippen molar-refractivity contribution in [3.63, 3.8) is 0 Å². The first-order valence-corrected chi connectivity index (χ1v) is 6.87. The van der Waals surface area contributed by atoms with Gasteiger partial charge in [-0.25, -0.2) is 4.98 Å². The third-order valence-electron chi connectivity index (χ3n) is 3.12. The van der Waals surface area contributed by atoms with Crippen LogP contribution in [0.25, 0.3) is 27.1 Å². The van der Waals surface area contributed by atoms with Gasteiger partial charge in [-0.1, -0.05) is 6.07 Å². The minimum absolute atomic E-state index is 0.0699. The first kappa shape index (κ1) is 11.2. The minimum atomic E-state index is -0.0699. The van der Waals surface area contributed by atoms with Crippen molar-refractivity contribution in [3.05, 3.63) is 58.7 Å². The van der Waals surface area contributed by atoms with Gasteiger partial charge in [0.2, 0.25) is 0 Å². The zero-order valence-electron chi connectivity index (χ0n) is 10.2. The molecule has 0 fully saturated rings. The lowest BCUT2D eigenvalue weighted by Gasteiger charge is -2.02. The van der Waals surface area contributed by atoms with E-state index in [4.69, 9.17) is 0 Å². The highest BCUT2D eigenvalue weighted by Gasteiger charge is 2.09. The third kappa shape index (κ3) is 1.62. The van der Waals surface area contributed by atoms with Crippen molar-refractivity contribution in [1.29, 1.82) is 0 Å². The predicted molar refractivity (Wildman–Crippen MR) is 77.9 cm³/mol. The topological polar surface area (TPSA) is 60.2 Å². The fourth-order valence-electron chi connectivity index (χ4n) is 2.15. The SMILES string of the molecule is O=c1c(-c2ccc3nccnc3c2)cnc2sccn12. The predicted octanol–water partition coefficient (Wildman–Crippen LogP) is 2.37. The molecule has 1 aromatic carbocycles. The Labute approximate surface area is 117 Å². The molecule has 0 aliphatic heterocycles. The van der Waals surface area contributed by atoms with Crippen LogP contribution in [0.3, 0.4) is 0 Å². The van der Waals surface area contributed by atoms with Gasteiger partial charge in [0.05, 0.1) is 16.6 Å². The summed E-state index contributed by atoms with van der Waals surface area (Å²) in [6.45, 7) is 0. The average Bonchev–Trinajstić information content (AvgIpc) is 2.97. The Hall–Kier alpha value is -2.60. The molecular weight excluding hydrogens is 272 g/mol. The molecule has 20 heavy (non-hydrogen) atoms. The van der Waals surface area contributed by atoms with Crippen LogP contribution < -0.4 is 5.56 Å². The number of hydrogen-bond acceptors (Lipinski definition) is 5. The molecule has 0 radical (unpaired) electrons. The van der Waals surface area contributed by atoms with Crippen LogP contribution in [0.4, 0.5) is 0 Å². The average molecular weight is 280 g/mol. The molecule has 0 spiro atoms. The Kier molecular flexibility index (Phi) is 2.37. The lowest BCUT2D eigenvalue weighted by molar-refractivity contribution is 1.08. The van der Waals surface area contributed by atoms with E-state index >= 15 is 0 Å². The van der Waals surface area contributed by atoms with E-state index in [2.05, 4.69) is 15.0 Å². The van der Waals surface area contributed by atoms with Gasteiger partial charge in [0.25, 0.3) is 5.56 Å². The molecule has 5 nitrogen and oxygen atoms in total. The molecule has 0 bridgehead atoms. The van der Waals surface area contributed by atoms with E-state index in [9.17, 15) is 4.79 Å². The van der Waals surface area contributed by atoms with Gasteiger partial charge in [-0.15, -0.1) is 11.3 Å². The summed E-state index contributed by atoms with van der Waals surface area (Å²) < 4.78 is 1.56. The molecule has 0 atom stereocenters. The van der Waals surface area contributed by atoms with Gasteiger partial charge in [0, 0.05) is 30.2 Å². The summed E-state index contributed by atoms with van der Waals surface area (Å²) in [7, 11) is 0. The summed E-state index contributed by atoms with van der Waals surface area (Å²) in [6.07, 6.45) is 6.64. The second-order valence-corrected chi connectivity index (χ2v) is 5.17. The highest BCUT2D eigenvalue weighted by Crippen LogP contribution is 2.20. The molecule has 0 aliphatic rings. The van der Waals surface area contributed by atoms with Crippen molar-refractivity contribution in [1.82, 2.24) is 19.4 Å². The molecule has 3 heterocycles. The fourth-order valence-corrected chi connectivity index (χ4v) is 2.83. The molecule has 0 unspecified atom stereocenters. The number of hydrogen-bond donors (Lipinski definition) is 0. The maximum atomic E-state index is 12.4. The van der Waals surface area contributed by atoms with E-state index in [1.54, 1.807) is 29.2 Å². The van der Waals surface area contributed by atoms with Gasteiger partial charge < -0.3 is 0 Å². The lowest BCUT2D eigenvalue weighted by Crippen LogP contribution is -2.14. The normalized spacial score (nSPS) is 11.2. The van der Waals surface area contributed by atoms with Crippen LogP contribution in [-0.2, 0) is 0 Å².